The van der Waals surface area contributed by atoms with Gasteiger partial charge in [0.2, 0.25) is 11.0 Å². The number of benzene rings is 3. The smallest absolute Gasteiger partial charge is 0.224 e. The minimum atomic E-state index is -0.195. The fraction of sp³-hybridized carbons (Fsp3) is 0.179. The predicted octanol–water partition coefficient (Wildman–Crippen LogP) is 5.97. The highest BCUT2D eigenvalue weighted by Gasteiger charge is 2.15. The molecule has 0 amide bonds. The number of carbonyl (C=O) groups excluding carboxylic acids is 1. The van der Waals surface area contributed by atoms with Crippen molar-refractivity contribution in [1.82, 2.24) is 9.97 Å². The summed E-state index contributed by atoms with van der Waals surface area (Å²) in [6, 6.07) is 14.1. The molecule has 0 bridgehead atoms. The van der Waals surface area contributed by atoms with Gasteiger partial charge in [-0.25, -0.2) is 4.98 Å². The average Bonchev–Trinajstić information content (AvgIpc) is 2.94. The van der Waals surface area contributed by atoms with E-state index in [1.54, 1.807) is 62.8 Å². The Kier molecular flexibility index (Phi) is 8.18. The fourth-order valence-corrected chi connectivity index (χ4v) is 4.05. The van der Waals surface area contributed by atoms with Crippen LogP contribution in [0.4, 0.5) is 11.5 Å². The van der Waals surface area contributed by atoms with E-state index in [1.165, 1.54) is 27.4 Å². The van der Waals surface area contributed by atoms with Crippen molar-refractivity contribution >= 4 is 45.9 Å². The Balaban J connectivity index is 1.62. The summed E-state index contributed by atoms with van der Waals surface area (Å²) in [4.78, 5) is 21.6. The zero-order chi connectivity index (χ0) is 27.2. The molecule has 10 heteroatoms. The third kappa shape index (κ3) is 5.57. The molecule has 0 fully saturated rings. The van der Waals surface area contributed by atoms with Gasteiger partial charge in [-0.05, 0) is 53.6 Å². The summed E-state index contributed by atoms with van der Waals surface area (Å²) in [7, 11) is 7.70. The molecule has 3 aromatic carbocycles. The summed E-state index contributed by atoms with van der Waals surface area (Å²) >= 11 is 6.18. The highest BCUT2D eigenvalue weighted by Crippen LogP contribution is 2.39. The summed E-state index contributed by atoms with van der Waals surface area (Å²) in [5.74, 6) is 2.77. The molecule has 1 N–H and O–H groups in total. The first-order chi connectivity index (χ1) is 18.4. The average molecular weight is 536 g/mol. The molecule has 1 aromatic heterocycles. The minimum Gasteiger partial charge on any atom is -0.493 e. The molecule has 0 saturated heterocycles. The lowest BCUT2D eigenvalue weighted by molar-refractivity contribution is 0.104. The Morgan fingerprint density at radius 3 is 2.11 bits per heavy atom. The van der Waals surface area contributed by atoms with Gasteiger partial charge >= 0.3 is 0 Å². The summed E-state index contributed by atoms with van der Waals surface area (Å²) in [6.07, 6.45) is 3.16. The number of halogens is 1. The molecule has 0 aliphatic rings. The van der Waals surface area contributed by atoms with Crippen molar-refractivity contribution < 1.29 is 28.5 Å². The van der Waals surface area contributed by atoms with E-state index in [-0.39, 0.29) is 11.1 Å². The molecule has 196 valence electrons. The number of carbonyl (C=O) groups is 1. The lowest BCUT2D eigenvalue weighted by atomic mass is 10.1. The van der Waals surface area contributed by atoms with Crippen molar-refractivity contribution in [2.45, 2.75) is 0 Å². The van der Waals surface area contributed by atoms with Crippen molar-refractivity contribution in [2.75, 3.05) is 40.9 Å². The van der Waals surface area contributed by atoms with Gasteiger partial charge < -0.3 is 29.0 Å². The maximum Gasteiger partial charge on any atom is 0.224 e. The van der Waals surface area contributed by atoms with Gasteiger partial charge in [0.1, 0.15) is 5.82 Å². The second-order valence-electron chi connectivity index (χ2n) is 7.93. The van der Waals surface area contributed by atoms with Crippen molar-refractivity contribution in [2.24, 2.45) is 0 Å². The van der Waals surface area contributed by atoms with Crippen molar-refractivity contribution in [1.29, 1.82) is 0 Å². The van der Waals surface area contributed by atoms with Gasteiger partial charge in [-0.1, -0.05) is 18.2 Å². The molecule has 0 aliphatic carbocycles. The number of allylic oxidation sites excluding steroid dienone is 1. The minimum absolute atomic E-state index is 0.0627. The molecule has 0 radical (unpaired) electrons. The number of fused-ring (bicyclic) bond motifs is 1. The number of ketones is 1. The maximum absolute atomic E-state index is 13.0. The van der Waals surface area contributed by atoms with Crippen molar-refractivity contribution in [3.8, 4) is 28.7 Å². The molecule has 4 rings (SSSR count). The summed E-state index contributed by atoms with van der Waals surface area (Å²) in [6.45, 7) is 0. The number of anilines is 2. The van der Waals surface area contributed by atoms with Crippen LogP contribution in [0.25, 0.3) is 17.0 Å². The first kappa shape index (κ1) is 26.6. The molecule has 0 saturated carbocycles. The molecule has 0 atom stereocenters. The first-order valence-corrected chi connectivity index (χ1v) is 11.8. The number of methoxy groups -OCH3 is 5. The van der Waals surface area contributed by atoms with Crippen LogP contribution in [0.15, 0.2) is 54.6 Å². The van der Waals surface area contributed by atoms with Crippen LogP contribution >= 0.6 is 11.6 Å². The number of nitrogens with one attached hydrogen (secondary N) is 1. The maximum atomic E-state index is 13.0. The van der Waals surface area contributed by atoms with Crippen LogP contribution in [-0.4, -0.2) is 51.3 Å². The van der Waals surface area contributed by atoms with Gasteiger partial charge in [-0.3, -0.25) is 4.79 Å². The highest BCUT2D eigenvalue weighted by atomic mass is 35.5. The normalized spacial score (nSPS) is 10.9. The van der Waals surface area contributed by atoms with E-state index in [0.717, 1.165) is 0 Å². The Labute approximate surface area is 224 Å². The first-order valence-electron chi connectivity index (χ1n) is 11.4. The quantitative estimate of drug-likeness (QED) is 0.149. The molecule has 4 aromatic rings. The van der Waals surface area contributed by atoms with E-state index >= 15 is 0 Å². The lowest BCUT2D eigenvalue weighted by Gasteiger charge is -2.13. The molecular weight excluding hydrogens is 510 g/mol. The van der Waals surface area contributed by atoms with Crippen LogP contribution in [0.3, 0.4) is 0 Å². The van der Waals surface area contributed by atoms with Gasteiger partial charge in [0.05, 0.1) is 41.1 Å². The fourth-order valence-electron chi connectivity index (χ4n) is 3.88. The van der Waals surface area contributed by atoms with E-state index in [1.807, 2.05) is 6.07 Å². The SMILES string of the molecule is COc1cc2nc(Cl)nc(Nc3cccc(C(=O)/C=C/c4cc(OC)c(OC)c(OC)c4)c3)c2cc1OC. The number of rotatable bonds is 10. The van der Waals surface area contributed by atoms with Crippen LogP contribution in [-0.2, 0) is 0 Å². The predicted molar refractivity (Wildman–Crippen MR) is 147 cm³/mol. The Morgan fingerprint density at radius 1 is 0.816 bits per heavy atom. The standard InChI is InChI=1S/C28H26ClN3O6/c1-34-22-14-19-20(15-23(22)35-2)31-28(29)32-27(19)30-18-8-6-7-17(13-18)21(33)10-9-16-11-24(36-3)26(38-5)25(12-16)37-4/h6-15H,1-5H3,(H,30,31,32)/b10-9+. The third-order valence-electron chi connectivity index (χ3n) is 5.70. The van der Waals surface area contributed by atoms with E-state index in [4.69, 9.17) is 35.3 Å². The molecule has 1 heterocycles. The summed E-state index contributed by atoms with van der Waals surface area (Å²) in [5, 5.41) is 3.97. The van der Waals surface area contributed by atoms with Crippen LogP contribution in [0.2, 0.25) is 5.28 Å². The number of aromatic nitrogens is 2. The highest BCUT2D eigenvalue weighted by molar-refractivity contribution is 6.29. The van der Waals surface area contributed by atoms with E-state index < -0.39 is 0 Å². The number of hydrogen-bond donors (Lipinski definition) is 1. The van der Waals surface area contributed by atoms with Crippen LogP contribution < -0.4 is 29.0 Å². The molecule has 0 spiro atoms. The van der Waals surface area contributed by atoms with Gasteiger partial charge in [-0.15, -0.1) is 0 Å². The summed E-state index contributed by atoms with van der Waals surface area (Å²) < 4.78 is 26.9. The topological polar surface area (TPSA) is 101 Å². The van der Waals surface area contributed by atoms with Gasteiger partial charge in [0.15, 0.2) is 28.8 Å². The van der Waals surface area contributed by atoms with Crippen LogP contribution in [0.5, 0.6) is 28.7 Å². The van der Waals surface area contributed by atoms with Gasteiger partial charge in [0.25, 0.3) is 0 Å². The monoisotopic (exact) mass is 535 g/mol. The Bertz CT molecular complexity index is 1500. The van der Waals surface area contributed by atoms with Gasteiger partial charge in [-0.2, -0.15) is 4.98 Å². The second-order valence-corrected chi connectivity index (χ2v) is 8.27. The van der Waals surface area contributed by atoms with Crippen molar-refractivity contribution in [3.63, 3.8) is 0 Å². The van der Waals surface area contributed by atoms with E-state index in [9.17, 15) is 4.79 Å². The van der Waals surface area contributed by atoms with Crippen molar-refractivity contribution in [3.05, 3.63) is 71.0 Å². The number of ether oxygens (including phenoxy) is 5. The Hall–Kier alpha value is -4.50. The zero-order valence-corrected chi connectivity index (χ0v) is 22.3. The lowest BCUT2D eigenvalue weighted by Crippen LogP contribution is -2.01. The zero-order valence-electron chi connectivity index (χ0n) is 21.5. The molecule has 38 heavy (non-hydrogen) atoms. The number of nitrogens with zero attached hydrogens (tertiary/aromatic N) is 2. The molecular formula is C28H26ClN3O6. The second kappa shape index (κ2) is 11.7. The van der Waals surface area contributed by atoms with Crippen LogP contribution in [0, 0.1) is 0 Å². The third-order valence-corrected chi connectivity index (χ3v) is 5.87. The van der Waals surface area contributed by atoms with Gasteiger partial charge in [0, 0.05) is 22.7 Å². The largest absolute Gasteiger partial charge is 0.493 e. The molecule has 0 unspecified atom stereocenters. The number of hydrogen-bond acceptors (Lipinski definition) is 9. The Morgan fingerprint density at radius 2 is 1.47 bits per heavy atom. The molecule has 0 aliphatic heterocycles. The van der Waals surface area contributed by atoms with E-state index in [0.29, 0.717) is 62.3 Å². The molecule has 9 nitrogen and oxygen atoms in total. The van der Waals surface area contributed by atoms with Crippen LogP contribution in [0.1, 0.15) is 15.9 Å². The summed E-state index contributed by atoms with van der Waals surface area (Å²) in [5.41, 5.74) is 2.41. The van der Waals surface area contributed by atoms with E-state index in [2.05, 4.69) is 15.3 Å².